The van der Waals surface area contributed by atoms with Crippen LogP contribution in [0.2, 0.25) is 0 Å². The Morgan fingerprint density at radius 1 is 1.17 bits per heavy atom. The van der Waals surface area contributed by atoms with Crippen LogP contribution >= 0.6 is 11.8 Å². The van der Waals surface area contributed by atoms with Gasteiger partial charge in [0.25, 0.3) is 5.91 Å². The Balaban J connectivity index is 1.83. The second kappa shape index (κ2) is 8.59. The molecule has 1 amide bonds. The average molecular weight is 342 g/mol. The zero-order chi connectivity index (χ0) is 17.4. The first kappa shape index (κ1) is 18.1. The van der Waals surface area contributed by atoms with E-state index in [0.717, 1.165) is 12.1 Å². The summed E-state index contributed by atoms with van der Waals surface area (Å²) in [5.74, 6) is 0.0763. The van der Waals surface area contributed by atoms with Crippen LogP contribution in [0.3, 0.4) is 0 Å². The maximum atomic E-state index is 11.9. The normalized spacial score (nSPS) is 12.0. The van der Waals surface area contributed by atoms with Gasteiger partial charge in [-0.05, 0) is 30.4 Å². The molecule has 0 spiro atoms. The number of benzene rings is 1. The van der Waals surface area contributed by atoms with Crippen molar-refractivity contribution in [2.75, 3.05) is 5.75 Å². The third kappa shape index (κ3) is 5.77. The molecule has 126 valence electrons. The van der Waals surface area contributed by atoms with Crippen molar-refractivity contribution in [2.45, 2.75) is 37.8 Å². The number of aromatic nitrogens is 2. The minimum atomic E-state index is -0.163. The summed E-state index contributed by atoms with van der Waals surface area (Å²) in [6.07, 6.45) is 4.08. The van der Waals surface area contributed by atoms with Gasteiger partial charge < -0.3 is 0 Å². The molecule has 0 saturated carbocycles. The third-order valence-corrected chi connectivity index (χ3v) is 4.37. The summed E-state index contributed by atoms with van der Waals surface area (Å²) in [6.45, 7) is 6.27. The number of rotatable bonds is 7. The maximum Gasteiger partial charge on any atom is 0.250 e. The summed E-state index contributed by atoms with van der Waals surface area (Å²) in [4.78, 5) is 20.0. The number of amides is 1. The minimum absolute atomic E-state index is 0.0355. The fraction of sp³-hybridized carbons (Fsp3) is 0.333. The lowest BCUT2D eigenvalue weighted by molar-refractivity contribution is -0.118. The molecule has 5 nitrogen and oxygen atoms in total. The molecular weight excluding hydrogens is 320 g/mol. The molecule has 0 atom stereocenters. The second-order valence-electron chi connectivity index (χ2n) is 6.13. The molecule has 0 unspecified atom stereocenters. The first-order valence-electron chi connectivity index (χ1n) is 7.75. The maximum absolute atomic E-state index is 11.9. The van der Waals surface area contributed by atoms with Crippen molar-refractivity contribution in [3.8, 4) is 0 Å². The summed E-state index contributed by atoms with van der Waals surface area (Å²) in [7, 11) is 0. The predicted molar refractivity (Wildman–Crippen MR) is 98.1 cm³/mol. The SMILES string of the molecule is CC(CC(C)(C)c1ccccc1)=NNC(=O)CSc1ncccn1. The lowest BCUT2D eigenvalue weighted by Crippen LogP contribution is -2.25. The van der Waals surface area contributed by atoms with Crippen LogP contribution in [0, 0.1) is 0 Å². The van der Waals surface area contributed by atoms with Gasteiger partial charge >= 0.3 is 0 Å². The van der Waals surface area contributed by atoms with E-state index < -0.39 is 0 Å². The van der Waals surface area contributed by atoms with E-state index in [1.807, 2.05) is 25.1 Å². The van der Waals surface area contributed by atoms with Crippen LogP contribution in [-0.4, -0.2) is 27.3 Å². The quantitative estimate of drug-likeness (QED) is 0.362. The molecule has 0 saturated heterocycles. The fourth-order valence-corrected chi connectivity index (χ4v) is 2.95. The Hall–Kier alpha value is -2.21. The molecule has 0 radical (unpaired) electrons. The molecule has 0 aliphatic rings. The lowest BCUT2D eigenvalue weighted by Gasteiger charge is -2.25. The van der Waals surface area contributed by atoms with Gasteiger partial charge in [-0.2, -0.15) is 5.10 Å². The van der Waals surface area contributed by atoms with Crippen molar-refractivity contribution >= 4 is 23.4 Å². The van der Waals surface area contributed by atoms with Crippen LogP contribution in [-0.2, 0) is 10.2 Å². The lowest BCUT2D eigenvalue weighted by atomic mass is 9.80. The number of nitrogens with zero attached hydrogens (tertiary/aromatic N) is 3. The standard InChI is InChI=1S/C18H22N4OS/c1-14(12-18(2,3)15-8-5-4-6-9-15)21-22-16(23)13-24-17-19-10-7-11-20-17/h4-11H,12-13H2,1-3H3,(H,22,23). The molecule has 1 aromatic heterocycles. The molecule has 6 heteroatoms. The van der Waals surface area contributed by atoms with Gasteiger partial charge in [-0.25, -0.2) is 15.4 Å². The molecule has 0 aliphatic carbocycles. The highest BCUT2D eigenvalue weighted by molar-refractivity contribution is 7.99. The van der Waals surface area contributed by atoms with Crippen LogP contribution in [0.25, 0.3) is 0 Å². The van der Waals surface area contributed by atoms with Crippen molar-refractivity contribution < 1.29 is 4.79 Å². The molecule has 1 aromatic carbocycles. The van der Waals surface area contributed by atoms with Gasteiger partial charge in [0.15, 0.2) is 5.16 Å². The third-order valence-electron chi connectivity index (χ3n) is 3.50. The molecule has 1 heterocycles. The van der Waals surface area contributed by atoms with Crippen LogP contribution in [0.5, 0.6) is 0 Å². The van der Waals surface area contributed by atoms with E-state index >= 15 is 0 Å². The molecule has 0 fully saturated rings. The minimum Gasteiger partial charge on any atom is -0.272 e. The van der Waals surface area contributed by atoms with Crippen LogP contribution in [0.15, 0.2) is 59.0 Å². The van der Waals surface area contributed by atoms with Gasteiger partial charge in [-0.3, -0.25) is 4.79 Å². The highest BCUT2D eigenvalue weighted by Gasteiger charge is 2.21. The number of nitrogens with one attached hydrogen (secondary N) is 1. The van der Waals surface area contributed by atoms with Crippen LogP contribution in [0.1, 0.15) is 32.8 Å². The first-order valence-corrected chi connectivity index (χ1v) is 8.73. The monoisotopic (exact) mass is 342 g/mol. The molecule has 24 heavy (non-hydrogen) atoms. The molecular formula is C18H22N4OS. The number of carbonyl (C=O) groups is 1. The number of hydrogen-bond donors (Lipinski definition) is 1. The van der Waals surface area contributed by atoms with Gasteiger partial charge in [-0.1, -0.05) is 55.9 Å². The van der Waals surface area contributed by atoms with E-state index in [4.69, 9.17) is 0 Å². The molecule has 1 N–H and O–H groups in total. The summed E-state index contributed by atoms with van der Waals surface area (Å²) in [5, 5.41) is 4.79. The van der Waals surface area contributed by atoms with E-state index in [1.54, 1.807) is 18.5 Å². The highest BCUT2D eigenvalue weighted by Crippen LogP contribution is 2.27. The number of hydrogen-bond acceptors (Lipinski definition) is 5. The first-order chi connectivity index (χ1) is 11.5. The predicted octanol–water partition coefficient (Wildman–Crippen LogP) is 3.43. The largest absolute Gasteiger partial charge is 0.272 e. The smallest absolute Gasteiger partial charge is 0.250 e. The van der Waals surface area contributed by atoms with Gasteiger partial charge in [0.05, 0.1) is 5.75 Å². The Morgan fingerprint density at radius 2 is 1.83 bits per heavy atom. The average Bonchev–Trinajstić information content (AvgIpc) is 2.59. The van der Waals surface area contributed by atoms with Gasteiger partial charge in [0.2, 0.25) is 0 Å². The van der Waals surface area contributed by atoms with Crippen molar-refractivity contribution in [3.05, 3.63) is 54.4 Å². The van der Waals surface area contributed by atoms with E-state index in [1.165, 1.54) is 17.3 Å². The zero-order valence-corrected chi connectivity index (χ0v) is 15.0. The Bertz CT molecular complexity index is 687. The van der Waals surface area contributed by atoms with E-state index in [2.05, 4.69) is 46.5 Å². The molecule has 2 rings (SSSR count). The van der Waals surface area contributed by atoms with Crippen molar-refractivity contribution in [1.29, 1.82) is 0 Å². The van der Waals surface area contributed by atoms with Crippen LogP contribution in [0.4, 0.5) is 0 Å². The van der Waals surface area contributed by atoms with Crippen molar-refractivity contribution in [2.24, 2.45) is 5.10 Å². The Kier molecular flexibility index (Phi) is 6.49. The Labute approximate surface area is 147 Å². The van der Waals surface area contributed by atoms with E-state index in [9.17, 15) is 4.79 Å². The van der Waals surface area contributed by atoms with Crippen molar-refractivity contribution in [3.63, 3.8) is 0 Å². The molecule has 0 bridgehead atoms. The van der Waals surface area contributed by atoms with E-state index in [0.29, 0.717) is 5.16 Å². The van der Waals surface area contributed by atoms with Crippen LogP contribution < -0.4 is 5.43 Å². The van der Waals surface area contributed by atoms with Gasteiger partial charge in [-0.15, -0.1) is 0 Å². The van der Waals surface area contributed by atoms with Crippen molar-refractivity contribution in [1.82, 2.24) is 15.4 Å². The van der Waals surface area contributed by atoms with E-state index in [-0.39, 0.29) is 17.1 Å². The fourth-order valence-electron chi connectivity index (χ4n) is 2.35. The summed E-state index contributed by atoms with van der Waals surface area (Å²) >= 11 is 1.29. The molecule has 0 aliphatic heterocycles. The Morgan fingerprint density at radius 3 is 2.50 bits per heavy atom. The topological polar surface area (TPSA) is 67.2 Å². The second-order valence-corrected chi connectivity index (χ2v) is 7.07. The number of carbonyl (C=O) groups excluding carboxylic acids is 1. The molecule has 2 aromatic rings. The summed E-state index contributed by atoms with van der Waals surface area (Å²) < 4.78 is 0. The summed E-state index contributed by atoms with van der Waals surface area (Å²) in [6, 6.07) is 12.0. The zero-order valence-electron chi connectivity index (χ0n) is 14.2. The summed E-state index contributed by atoms with van der Waals surface area (Å²) in [5.41, 5.74) is 4.70. The number of thioether (sulfide) groups is 1. The highest BCUT2D eigenvalue weighted by atomic mass is 32.2. The van der Waals surface area contributed by atoms with Gasteiger partial charge in [0, 0.05) is 18.1 Å². The van der Waals surface area contributed by atoms with Gasteiger partial charge in [0.1, 0.15) is 0 Å². The number of hydrazone groups is 1.